The molecule has 7 aliphatic heterocycles. The molecule has 0 radical (unpaired) electrons. The molecular formula is C44H46N4O11S. The van der Waals surface area contributed by atoms with Crippen molar-refractivity contribution < 1.29 is 52.6 Å². The number of thioether (sulfide) groups is 1. The second-order valence-corrected chi connectivity index (χ2v) is 17.4. The van der Waals surface area contributed by atoms with E-state index >= 15 is 0 Å². The predicted octanol–water partition coefficient (Wildman–Crippen LogP) is 5.18. The molecule has 314 valence electrons. The number of rotatable bonds is 4. The molecule has 7 atom stereocenters. The first kappa shape index (κ1) is 39.1. The maximum atomic E-state index is 14.9. The number of carbonyl (C=O) groups is 3. The van der Waals surface area contributed by atoms with E-state index in [-0.39, 0.29) is 37.3 Å². The first-order valence-corrected chi connectivity index (χ1v) is 21.1. The maximum Gasteiger partial charge on any atom is 0.518 e. The van der Waals surface area contributed by atoms with Gasteiger partial charge in [0.25, 0.3) is 0 Å². The van der Waals surface area contributed by atoms with E-state index in [4.69, 9.17) is 33.2 Å². The normalized spacial score (nSPS) is 27.9. The molecule has 1 spiro atoms. The number of aliphatic hydroxyl groups excluding tert-OH is 1. The van der Waals surface area contributed by atoms with Crippen LogP contribution >= 0.6 is 11.8 Å². The van der Waals surface area contributed by atoms with Crippen molar-refractivity contribution in [1.29, 1.82) is 0 Å². The summed E-state index contributed by atoms with van der Waals surface area (Å²) in [5, 5.41) is 16.9. The van der Waals surface area contributed by atoms with Crippen molar-refractivity contribution in [2.24, 2.45) is 0 Å². The van der Waals surface area contributed by atoms with Crippen LogP contribution in [0.5, 0.6) is 28.7 Å². The zero-order chi connectivity index (χ0) is 41.8. The van der Waals surface area contributed by atoms with Crippen molar-refractivity contribution in [3.05, 3.63) is 87.8 Å². The van der Waals surface area contributed by atoms with Gasteiger partial charge in [-0.15, -0.1) is 11.8 Å². The molecule has 3 N–H and O–H groups in total. The SMILES string of the molecule is C=COC(=O)Oc1c(OC)c(C)cc2c1[C@@H]1C3[C@@H]4SC[C@]5(NCCc6c5[nH]c5ccccc65)C(=O)COC[C@H](c5c6c(c(C)c(OC(C)=O)c54)OCO6)N3[C@@H](O)[C@H](C2)N1C. The van der Waals surface area contributed by atoms with Gasteiger partial charge in [0.15, 0.2) is 28.8 Å². The summed E-state index contributed by atoms with van der Waals surface area (Å²) in [4.78, 5) is 49.0. The van der Waals surface area contributed by atoms with E-state index in [2.05, 4.69) is 32.7 Å². The number of aliphatic hydroxyl groups is 1. The molecule has 0 saturated carbocycles. The smallest absolute Gasteiger partial charge is 0.493 e. The van der Waals surface area contributed by atoms with Gasteiger partial charge in [0.05, 0.1) is 43.4 Å². The Kier molecular flexibility index (Phi) is 9.46. The molecule has 2 saturated heterocycles. The zero-order valence-corrected chi connectivity index (χ0v) is 34.7. The summed E-state index contributed by atoms with van der Waals surface area (Å²) >= 11 is 1.53. The highest BCUT2D eigenvalue weighted by Gasteiger charge is 2.61. The number of aromatic nitrogens is 1. The van der Waals surface area contributed by atoms with Crippen LogP contribution in [0.15, 0.2) is 43.2 Å². The molecule has 16 heteroatoms. The molecule has 1 unspecified atom stereocenters. The molecule has 7 aliphatic rings. The van der Waals surface area contributed by atoms with Gasteiger partial charge < -0.3 is 43.2 Å². The lowest BCUT2D eigenvalue weighted by Crippen LogP contribution is -2.69. The minimum absolute atomic E-state index is 0.0278. The first-order chi connectivity index (χ1) is 29.0. The third kappa shape index (κ3) is 5.57. The summed E-state index contributed by atoms with van der Waals surface area (Å²) in [7, 11) is 3.48. The molecule has 4 bridgehead atoms. The number of esters is 1. The number of hydrogen-bond donors (Lipinski definition) is 3. The number of fused-ring (bicyclic) bond motifs is 12. The van der Waals surface area contributed by atoms with Gasteiger partial charge in [0, 0.05) is 64.1 Å². The van der Waals surface area contributed by atoms with Crippen molar-refractivity contribution in [3.8, 4) is 28.7 Å². The molecule has 4 aromatic rings. The number of aryl methyl sites for hydroxylation is 1. The summed E-state index contributed by atoms with van der Waals surface area (Å²) in [6.45, 7) is 8.87. The Morgan fingerprint density at radius 2 is 1.88 bits per heavy atom. The number of aromatic amines is 1. The monoisotopic (exact) mass is 838 g/mol. The highest BCUT2D eigenvalue weighted by Crippen LogP contribution is 2.64. The molecule has 3 aromatic carbocycles. The molecule has 0 aliphatic carbocycles. The van der Waals surface area contributed by atoms with Crippen LogP contribution in [-0.2, 0) is 37.4 Å². The number of hydrogen-bond acceptors (Lipinski definition) is 15. The Morgan fingerprint density at radius 3 is 2.67 bits per heavy atom. The number of ketones is 1. The second kappa shape index (κ2) is 14.5. The summed E-state index contributed by atoms with van der Waals surface area (Å²) in [5.41, 5.74) is 5.84. The summed E-state index contributed by atoms with van der Waals surface area (Å²) in [6, 6.07) is 7.76. The number of para-hydroxylation sites is 1. The van der Waals surface area contributed by atoms with E-state index in [1.807, 2.05) is 45.2 Å². The molecular weight excluding hydrogens is 793 g/mol. The molecule has 1 aromatic heterocycles. The highest BCUT2D eigenvalue weighted by atomic mass is 32.2. The Labute approximate surface area is 350 Å². The van der Waals surface area contributed by atoms with Gasteiger partial charge in [0.2, 0.25) is 6.79 Å². The van der Waals surface area contributed by atoms with Crippen molar-refractivity contribution in [1.82, 2.24) is 20.1 Å². The number of likely N-dealkylation sites (N-methyl/N-ethyl adjacent to an activating group) is 1. The van der Waals surface area contributed by atoms with Crippen LogP contribution in [0.4, 0.5) is 4.79 Å². The lowest BCUT2D eigenvalue weighted by molar-refractivity contribution is -0.181. The number of methoxy groups -OCH3 is 1. The molecule has 0 amide bonds. The van der Waals surface area contributed by atoms with Crippen LogP contribution < -0.4 is 29.0 Å². The van der Waals surface area contributed by atoms with E-state index in [0.717, 1.165) is 46.0 Å². The van der Waals surface area contributed by atoms with Crippen LogP contribution in [-0.4, -0.2) is 103 Å². The summed E-state index contributed by atoms with van der Waals surface area (Å²) in [5.74, 6) is 1.39. The van der Waals surface area contributed by atoms with Gasteiger partial charge in [-0.25, -0.2) is 4.79 Å². The molecule has 15 nitrogen and oxygen atoms in total. The average molecular weight is 839 g/mol. The molecule has 8 heterocycles. The lowest BCUT2D eigenvalue weighted by Gasteiger charge is -2.62. The number of nitrogens with one attached hydrogen (secondary N) is 2. The van der Waals surface area contributed by atoms with Gasteiger partial charge in [-0.1, -0.05) is 30.8 Å². The standard InChI is InChI=1S/C44H46N4O11S/c1-7-55-43(52)59-39-30-23(14-20(2)35(39)53-6)15-27-42(51)48-28-16-54-17-29(50)44(41-25(12-13-45-44)24-10-8-9-11-26(24)46-41)18-60-40(34(48)33(30)47(27)5)32-31(28)38-37(56-19-57-38)21(3)36(32)58-22(4)49/h7-11,14,27-28,33-34,40,42,45-46,51H,1,12-13,15-19H2,2-6H3/t27-,28+,33+,34?,40+,42-,44-/m0/s1. The Bertz CT molecular complexity index is 2510. The van der Waals surface area contributed by atoms with Crippen LogP contribution in [0.3, 0.4) is 0 Å². The van der Waals surface area contributed by atoms with Crippen LogP contribution in [0, 0.1) is 13.8 Å². The molecule has 60 heavy (non-hydrogen) atoms. The van der Waals surface area contributed by atoms with Crippen LogP contribution in [0.25, 0.3) is 10.9 Å². The van der Waals surface area contributed by atoms with Crippen molar-refractivity contribution >= 4 is 40.6 Å². The largest absolute Gasteiger partial charge is 0.518 e. The van der Waals surface area contributed by atoms with Crippen molar-refractivity contribution in [2.45, 2.75) is 74.8 Å². The quantitative estimate of drug-likeness (QED) is 0.106. The topological polar surface area (TPSA) is 170 Å². The van der Waals surface area contributed by atoms with E-state index in [9.17, 15) is 19.5 Å². The Hall–Kier alpha value is -5.10. The summed E-state index contributed by atoms with van der Waals surface area (Å²) in [6.07, 6.45) is 0.0966. The predicted molar refractivity (Wildman–Crippen MR) is 219 cm³/mol. The van der Waals surface area contributed by atoms with Gasteiger partial charge >= 0.3 is 12.1 Å². The lowest BCUT2D eigenvalue weighted by atomic mass is 9.73. The average Bonchev–Trinajstić information content (AvgIpc) is 3.86. The number of piperazine rings is 1. The van der Waals surface area contributed by atoms with Gasteiger partial charge in [-0.05, 0) is 56.5 Å². The number of carbonyl (C=O) groups excluding carboxylic acids is 3. The number of Topliss-reactive ketones (excluding diaryl/α,β-unsaturated/α-hetero) is 1. The number of benzene rings is 3. The number of nitrogens with zero attached hydrogens (tertiary/aromatic N) is 2. The van der Waals surface area contributed by atoms with Gasteiger partial charge in [-0.3, -0.25) is 24.7 Å². The fourth-order valence-corrected chi connectivity index (χ4v) is 12.6. The van der Waals surface area contributed by atoms with E-state index in [1.54, 1.807) is 0 Å². The minimum Gasteiger partial charge on any atom is -0.493 e. The minimum atomic E-state index is -1.20. The molecule has 11 rings (SSSR count). The number of H-pyrrole nitrogens is 1. The fraction of sp³-hybridized carbons (Fsp3) is 0.432. The molecule has 2 fully saturated rings. The van der Waals surface area contributed by atoms with E-state index < -0.39 is 53.3 Å². The van der Waals surface area contributed by atoms with Crippen LogP contribution in [0.2, 0.25) is 0 Å². The first-order valence-electron chi connectivity index (χ1n) is 20.1. The Balaban J connectivity index is 1.25. The fourth-order valence-electron chi connectivity index (χ4n) is 10.9. The third-order valence-corrected chi connectivity index (χ3v) is 14.7. The van der Waals surface area contributed by atoms with E-state index in [0.29, 0.717) is 58.2 Å². The zero-order valence-electron chi connectivity index (χ0n) is 33.9. The maximum absolute atomic E-state index is 14.9. The van der Waals surface area contributed by atoms with E-state index in [1.165, 1.54) is 25.8 Å². The van der Waals surface area contributed by atoms with Crippen molar-refractivity contribution in [2.75, 3.05) is 46.5 Å². The summed E-state index contributed by atoms with van der Waals surface area (Å²) < 4.78 is 42.2. The van der Waals surface area contributed by atoms with Gasteiger partial charge in [-0.2, -0.15) is 0 Å². The Morgan fingerprint density at radius 1 is 1.08 bits per heavy atom. The third-order valence-electron chi connectivity index (χ3n) is 13.2. The van der Waals surface area contributed by atoms with Gasteiger partial charge in [0.1, 0.15) is 24.1 Å². The highest BCUT2D eigenvalue weighted by molar-refractivity contribution is 7.99. The van der Waals surface area contributed by atoms with Crippen molar-refractivity contribution in [3.63, 3.8) is 0 Å². The second-order valence-electron chi connectivity index (χ2n) is 16.2. The number of ether oxygens (including phenoxy) is 7. The van der Waals surface area contributed by atoms with Crippen LogP contribution in [0.1, 0.15) is 68.9 Å².